The summed E-state index contributed by atoms with van der Waals surface area (Å²) in [5.74, 6) is -1.64. The summed E-state index contributed by atoms with van der Waals surface area (Å²) in [4.78, 5) is 40.6. The van der Waals surface area contributed by atoms with Crippen molar-refractivity contribution < 1.29 is 27.6 Å². The number of carbonyl (C=O) groups is 3. The van der Waals surface area contributed by atoms with Crippen molar-refractivity contribution in [1.82, 2.24) is 5.32 Å². The molecule has 5 rings (SSSR count). The van der Waals surface area contributed by atoms with Gasteiger partial charge in [-0.15, -0.1) is 11.8 Å². The van der Waals surface area contributed by atoms with Gasteiger partial charge in [0.15, 0.2) is 0 Å². The van der Waals surface area contributed by atoms with Gasteiger partial charge in [0.1, 0.15) is 10.9 Å². The van der Waals surface area contributed by atoms with Gasteiger partial charge < -0.3 is 16.0 Å². The summed E-state index contributed by atoms with van der Waals surface area (Å²) in [6.07, 6.45) is -3.06. The summed E-state index contributed by atoms with van der Waals surface area (Å²) in [5.41, 5.74) is 0.926. The number of nitrogens with one attached hydrogen (secondary N) is 3. The van der Waals surface area contributed by atoms with Gasteiger partial charge in [-0.3, -0.25) is 14.4 Å². The Balaban J connectivity index is 1.38. The fourth-order valence-electron chi connectivity index (χ4n) is 4.54. The van der Waals surface area contributed by atoms with Crippen LogP contribution in [0.2, 0.25) is 5.02 Å². The maximum atomic E-state index is 13.6. The van der Waals surface area contributed by atoms with E-state index in [4.69, 9.17) is 11.6 Å². The molecule has 5 aromatic carbocycles. The van der Waals surface area contributed by atoms with Crippen molar-refractivity contribution in [2.75, 3.05) is 10.6 Å². The van der Waals surface area contributed by atoms with Crippen LogP contribution >= 0.6 is 23.4 Å². The number of thioether (sulfide) groups is 1. The second kappa shape index (κ2) is 15.5. The molecule has 3 N–H and O–H groups in total. The van der Waals surface area contributed by atoms with E-state index in [2.05, 4.69) is 16.0 Å². The Hall–Kier alpha value is -5.32. The maximum absolute atomic E-state index is 13.6. The summed E-state index contributed by atoms with van der Waals surface area (Å²) >= 11 is 7.29. The van der Waals surface area contributed by atoms with E-state index in [1.807, 2.05) is 6.07 Å². The zero-order valence-corrected chi connectivity index (χ0v) is 26.6. The summed E-state index contributed by atoms with van der Waals surface area (Å²) in [5, 5.41) is 7.11. The standard InChI is InChI=1S/C37H27ClF3N3O3S/c38-30-20-19-27(37(39,40)41)22-31(30)43-36(47)33(25-13-6-2-7-14-25)48-29-18-10-17-28(23-29)42-35(46)32(21-24-11-4-1-5-12-24)44-34(45)26-15-8-3-9-16-26/h1-23,33H,(H,42,46)(H,43,47)(H,44,45)/b32-21-. The first kappa shape index (κ1) is 34.0. The van der Waals surface area contributed by atoms with Gasteiger partial charge in [-0.05, 0) is 65.7 Å². The lowest BCUT2D eigenvalue weighted by Gasteiger charge is -2.19. The van der Waals surface area contributed by atoms with Crippen LogP contribution in [0, 0.1) is 0 Å². The van der Waals surface area contributed by atoms with Gasteiger partial charge in [0.2, 0.25) is 5.91 Å². The van der Waals surface area contributed by atoms with E-state index in [-0.39, 0.29) is 16.4 Å². The molecule has 5 aromatic rings. The SMILES string of the molecule is O=C(Nc1cccc(SC(C(=O)Nc2cc(C(F)(F)F)ccc2Cl)c2ccccc2)c1)/C(=C/c1ccccc1)NC(=O)c1ccccc1. The molecule has 0 saturated heterocycles. The minimum Gasteiger partial charge on any atom is -0.323 e. The Kier molecular flexibility index (Phi) is 11.0. The minimum absolute atomic E-state index is 0.00705. The first-order chi connectivity index (χ1) is 23.1. The monoisotopic (exact) mass is 685 g/mol. The molecule has 6 nitrogen and oxygen atoms in total. The largest absolute Gasteiger partial charge is 0.416 e. The third-order valence-corrected chi connectivity index (χ3v) is 8.45. The normalized spacial score (nSPS) is 12.1. The molecular formula is C37H27ClF3N3O3S. The zero-order chi connectivity index (χ0) is 34.1. The van der Waals surface area contributed by atoms with Crippen LogP contribution in [0.25, 0.3) is 6.08 Å². The Bertz CT molecular complexity index is 1940. The number of hydrogen-bond acceptors (Lipinski definition) is 4. The average molecular weight is 686 g/mol. The van der Waals surface area contributed by atoms with Crippen LogP contribution in [-0.2, 0) is 15.8 Å². The molecule has 48 heavy (non-hydrogen) atoms. The molecule has 0 bridgehead atoms. The van der Waals surface area contributed by atoms with Gasteiger partial charge in [0.05, 0.1) is 16.3 Å². The molecule has 3 amide bonds. The smallest absolute Gasteiger partial charge is 0.323 e. The van der Waals surface area contributed by atoms with E-state index in [9.17, 15) is 27.6 Å². The average Bonchev–Trinajstić information content (AvgIpc) is 3.08. The Labute approximate surface area is 284 Å². The molecule has 0 spiro atoms. The molecule has 0 fully saturated rings. The molecule has 0 aliphatic heterocycles. The van der Waals surface area contributed by atoms with Crippen LogP contribution in [0.3, 0.4) is 0 Å². The highest BCUT2D eigenvalue weighted by atomic mass is 35.5. The molecule has 242 valence electrons. The van der Waals surface area contributed by atoms with Crippen molar-refractivity contribution in [3.05, 3.63) is 166 Å². The fraction of sp³-hybridized carbons (Fsp3) is 0.0541. The number of hydrogen-bond donors (Lipinski definition) is 3. The number of rotatable bonds is 10. The lowest BCUT2D eigenvalue weighted by Crippen LogP contribution is -2.30. The predicted octanol–water partition coefficient (Wildman–Crippen LogP) is 9.24. The number of benzene rings is 5. The number of halogens is 4. The van der Waals surface area contributed by atoms with Crippen molar-refractivity contribution >= 4 is 58.5 Å². The number of anilines is 2. The van der Waals surface area contributed by atoms with Crippen molar-refractivity contribution in [3.8, 4) is 0 Å². The van der Waals surface area contributed by atoms with Crippen molar-refractivity contribution in [1.29, 1.82) is 0 Å². The number of amides is 3. The van der Waals surface area contributed by atoms with E-state index in [0.717, 1.165) is 30.0 Å². The van der Waals surface area contributed by atoms with Crippen molar-refractivity contribution in [3.63, 3.8) is 0 Å². The predicted molar refractivity (Wildman–Crippen MR) is 184 cm³/mol. The molecule has 0 aliphatic rings. The van der Waals surface area contributed by atoms with Crippen molar-refractivity contribution in [2.24, 2.45) is 0 Å². The van der Waals surface area contributed by atoms with Gasteiger partial charge in [-0.25, -0.2) is 0 Å². The van der Waals surface area contributed by atoms with Crippen LogP contribution in [0.4, 0.5) is 24.5 Å². The zero-order valence-electron chi connectivity index (χ0n) is 25.0. The molecule has 0 radical (unpaired) electrons. The summed E-state index contributed by atoms with van der Waals surface area (Å²) < 4.78 is 40.1. The van der Waals surface area contributed by atoms with Crippen LogP contribution in [-0.4, -0.2) is 17.7 Å². The number of carbonyl (C=O) groups excluding carboxylic acids is 3. The lowest BCUT2D eigenvalue weighted by molar-refractivity contribution is -0.137. The maximum Gasteiger partial charge on any atom is 0.416 e. The van der Waals surface area contributed by atoms with E-state index in [0.29, 0.717) is 27.3 Å². The quantitative estimate of drug-likeness (QED) is 0.101. The highest BCUT2D eigenvalue weighted by Gasteiger charge is 2.32. The summed E-state index contributed by atoms with van der Waals surface area (Å²) in [6.45, 7) is 0. The topological polar surface area (TPSA) is 87.3 Å². The van der Waals surface area contributed by atoms with Gasteiger partial charge in [-0.1, -0.05) is 96.5 Å². The van der Waals surface area contributed by atoms with Crippen molar-refractivity contribution in [2.45, 2.75) is 16.3 Å². The third kappa shape index (κ3) is 9.15. The molecule has 0 aliphatic carbocycles. The van der Waals surface area contributed by atoms with E-state index >= 15 is 0 Å². The number of alkyl halides is 3. The van der Waals surface area contributed by atoms with Crippen LogP contribution in [0.5, 0.6) is 0 Å². The molecule has 0 heterocycles. The minimum atomic E-state index is -4.62. The van der Waals surface area contributed by atoms with E-state index < -0.39 is 34.7 Å². The summed E-state index contributed by atoms with van der Waals surface area (Å²) in [7, 11) is 0. The molecule has 1 atom stereocenters. The fourth-order valence-corrected chi connectivity index (χ4v) is 5.78. The van der Waals surface area contributed by atoms with Crippen LogP contribution in [0.1, 0.15) is 32.3 Å². The van der Waals surface area contributed by atoms with E-state index in [1.165, 1.54) is 0 Å². The van der Waals surface area contributed by atoms with Gasteiger partial charge in [0.25, 0.3) is 11.8 Å². The Morgan fingerprint density at radius 3 is 2.04 bits per heavy atom. The molecular weight excluding hydrogens is 659 g/mol. The second-order valence-corrected chi connectivity index (χ2v) is 11.9. The molecule has 0 saturated carbocycles. The highest BCUT2D eigenvalue weighted by molar-refractivity contribution is 8.00. The Morgan fingerprint density at radius 2 is 1.38 bits per heavy atom. The van der Waals surface area contributed by atoms with Crippen LogP contribution < -0.4 is 16.0 Å². The van der Waals surface area contributed by atoms with Crippen LogP contribution in [0.15, 0.2) is 144 Å². The molecule has 0 aromatic heterocycles. The van der Waals surface area contributed by atoms with E-state index in [1.54, 1.807) is 115 Å². The highest BCUT2D eigenvalue weighted by Crippen LogP contribution is 2.39. The molecule has 11 heteroatoms. The summed E-state index contributed by atoms with van der Waals surface area (Å²) in [6, 6.07) is 35.7. The van der Waals surface area contributed by atoms with Gasteiger partial charge in [-0.2, -0.15) is 13.2 Å². The third-order valence-electron chi connectivity index (χ3n) is 6.88. The second-order valence-electron chi connectivity index (χ2n) is 10.4. The first-order valence-electron chi connectivity index (χ1n) is 14.5. The van der Waals surface area contributed by atoms with Gasteiger partial charge in [0, 0.05) is 16.1 Å². The first-order valence-corrected chi connectivity index (χ1v) is 15.8. The molecule has 1 unspecified atom stereocenters. The van der Waals surface area contributed by atoms with Gasteiger partial charge >= 0.3 is 6.18 Å². The Morgan fingerprint density at radius 1 is 0.729 bits per heavy atom. The lowest BCUT2D eigenvalue weighted by atomic mass is 10.1.